The largest absolute Gasteiger partial charge is 0.491 e. The van der Waals surface area contributed by atoms with Crippen molar-refractivity contribution >= 4 is 28.9 Å². The Balaban J connectivity index is 1.67. The van der Waals surface area contributed by atoms with Crippen molar-refractivity contribution in [3.05, 3.63) is 60.3 Å². The standard InChI is InChI=1S/C20H21N5O2/c1-13(2)27-18-10-8-16(9-11-18)22-19-12-21-25-20(24-19)23-17-6-4-15(5-7-17)14(3)26/h4-13H,1-3H3,(H2,22,23,24,25). The van der Waals surface area contributed by atoms with E-state index in [0.717, 1.165) is 17.1 Å². The number of hydrogen-bond acceptors (Lipinski definition) is 7. The first-order chi connectivity index (χ1) is 13.0. The maximum Gasteiger partial charge on any atom is 0.249 e. The van der Waals surface area contributed by atoms with E-state index < -0.39 is 0 Å². The first-order valence-corrected chi connectivity index (χ1v) is 8.61. The lowest BCUT2D eigenvalue weighted by Gasteiger charge is -2.11. The van der Waals surface area contributed by atoms with Crippen LogP contribution in [0, 0.1) is 0 Å². The van der Waals surface area contributed by atoms with Gasteiger partial charge in [0.05, 0.1) is 12.3 Å². The summed E-state index contributed by atoms with van der Waals surface area (Å²) < 4.78 is 5.63. The van der Waals surface area contributed by atoms with Crippen molar-refractivity contribution < 1.29 is 9.53 Å². The predicted molar refractivity (Wildman–Crippen MR) is 105 cm³/mol. The number of nitrogens with one attached hydrogen (secondary N) is 2. The Morgan fingerprint density at radius 3 is 2.22 bits per heavy atom. The first-order valence-electron chi connectivity index (χ1n) is 8.61. The summed E-state index contributed by atoms with van der Waals surface area (Å²) in [6, 6.07) is 14.7. The maximum absolute atomic E-state index is 11.3. The Kier molecular flexibility index (Phi) is 5.61. The molecule has 2 N–H and O–H groups in total. The Bertz CT molecular complexity index is 908. The van der Waals surface area contributed by atoms with Crippen LogP contribution in [0.4, 0.5) is 23.1 Å². The highest BCUT2D eigenvalue weighted by Gasteiger charge is 2.04. The number of ether oxygens (including phenoxy) is 1. The van der Waals surface area contributed by atoms with Crippen LogP contribution >= 0.6 is 0 Å². The molecular weight excluding hydrogens is 342 g/mol. The predicted octanol–water partition coefficient (Wildman–Crippen LogP) is 4.35. The summed E-state index contributed by atoms with van der Waals surface area (Å²) in [6.07, 6.45) is 1.68. The third-order valence-electron chi connectivity index (χ3n) is 3.60. The summed E-state index contributed by atoms with van der Waals surface area (Å²) in [6.45, 7) is 5.51. The van der Waals surface area contributed by atoms with Gasteiger partial charge in [0.15, 0.2) is 11.6 Å². The zero-order chi connectivity index (χ0) is 19.2. The van der Waals surface area contributed by atoms with Gasteiger partial charge in [-0.25, -0.2) is 0 Å². The maximum atomic E-state index is 11.3. The second-order valence-electron chi connectivity index (χ2n) is 6.24. The van der Waals surface area contributed by atoms with Gasteiger partial charge in [0.25, 0.3) is 0 Å². The van der Waals surface area contributed by atoms with Crippen LogP contribution in [0.5, 0.6) is 5.75 Å². The van der Waals surface area contributed by atoms with Crippen LogP contribution in [0.25, 0.3) is 0 Å². The quantitative estimate of drug-likeness (QED) is 0.603. The molecule has 0 radical (unpaired) electrons. The summed E-state index contributed by atoms with van der Waals surface area (Å²) in [7, 11) is 0. The van der Waals surface area contributed by atoms with Gasteiger partial charge < -0.3 is 15.4 Å². The van der Waals surface area contributed by atoms with Crippen molar-refractivity contribution in [1.82, 2.24) is 15.2 Å². The summed E-state index contributed by atoms with van der Waals surface area (Å²) in [5.41, 5.74) is 2.29. The second-order valence-corrected chi connectivity index (χ2v) is 6.24. The molecule has 0 bridgehead atoms. The van der Waals surface area contributed by atoms with Gasteiger partial charge in [0, 0.05) is 16.9 Å². The minimum atomic E-state index is 0.0236. The van der Waals surface area contributed by atoms with Crippen LogP contribution in [0.1, 0.15) is 31.1 Å². The van der Waals surface area contributed by atoms with E-state index in [4.69, 9.17) is 4.74 Å². The van der Waals surface area contributed by atoms with Crippen molar-refractivity contribution in [3.63, 3.8) is 0 Å². The molecule has 3 aromatic rings. The minimum Gasteiger partial charge on any atom is -0.491 e. The van der Waals surface area contributed by atoms with E-state index in [1.165, 1.54) is 6.92 Å². The number of aromatic nitrogens is 3. The number of hydrogen-bond donors (Lipinski definition) is 2. The highest BCUT2D eigenvalue weighted by atomic mass is 16.5. The summed E-state index contributed by atoms with van der Waals surface area (Å²) in [4.78, 5) is 15.7. The third-order valence-corrected chi connectivity index (χ3v) is 3.60. The molecule has 0 saturated carbocycles. The summed E-state index contributed by atoms with van der Waals surface area (Å²) >= 11 is 0. The molecule has 0 aliphatic rings. The number of carbonyl (C=O) groups is 1. The lowest BCUT2D eigenvalue weighted by atomic mass is 10.1. The van der Waals surface area contributed by atoms with Gasteiger partial charge in [-0.1, -0.05) is 0 Å². The topological polar surface area (TPSA) is 89.0 Å². The van der Waals surface area contributed by atoms with Crippen molar-refractivity contribution in [2.45, 2.75) is 26.9 Å². The third kappa shape index (κ3) is 5.24. The monoisotopic (exact) mass is 363 g/mol. The fourth-order valence-electron chi connectivity index (χ4n) is 2.37. The SMILES string of the molecule is CC(=O)c1ccc(Nc2nncc(Nc3ccc(OC(C)C)cc3)n2)cc1. The van der Waals surface area contributed by atoms with E-state index in [-0.39, 0.29) is 11.9 Å². The molecule has 0 spiro atoms. The average molecular weight is 363 g/mol. The molecule has 27 heavy (non-hydrogen) atoms. The minimum absolute atomic E-state index is 0.0236. The number of benzene rings is 2. The number of carbonyl (C=O) groups excluding carboxylic acids is 1. The molecule has 2 aromatic carbocycles. The fourth-order valence-corrected chi connectivity index (χ4v) is 2.37. The van der Waals surface area contributed by atoms with Gasteiger partial charge in [0.2, 0.25) is 5.95 Å². The lowest BCUT2D eigenvalue weighted by molar-refractivity contribution is 0.101. The van der Waals surface area contributed by atoms with Crippen LogP contribution in [-0.4, -0.2) is 27.1 Å². The van der Waals surface area contributed by atoms with Crippen molar-refractivity contribution in [2.24, 2.45) is 0 Å². The number of nitrogens with zero attached hydrogens (tertiary/aromatic N) is 3. The average Bonchev–Trinajstić information content (AvgIpc) is 2.64. The summed E-state index contributed by atoms with van der Waals surface area (Å²) in [5, 5.41) is 14.2. The van der Waals surface area contributed by atoms with Gasteiger partial charge in [0.1, 0.15) is 5.75 Å². The smallest absolute Gasteiger partial charge is 0.249 e. The van der Waals surface area contributed by atoms with E-state index in [2.05, 4.69) is 25.8 Å². The van der Waals surface area contributed by atoms with E-state index in [1.807, 2.05) is 38.1 Å². The van der Waals surface area contributed by atoms with Crippen LogP contribution in [-0.2, 0) is 0 Å². The lowest BCUT2D eigenvalue weighted by Crippen LogP contribution is -2.05. The molecule has 1 heterocycles. The van der Waals surface area contributed by atoms with Gasteiger partial charge in [-0.15, -0.1) is 5.10 Å². The Labute approximate surface area is 157 Å². The zero-order valence-corrected chi connectivity index (χ0v) is 15.4. The Morgan fingerprint density at radius 2 is 1.59 bits per heavy atom. The molecule has 7 heteroatoms. The van der Waals surface area contributed by atoms with E-state index in [1.54, 1.807) is 30.5 Å². The van der Waals surface area contributed by atoms with Gasteiger partial charge >= 0.3 is 0 Å². The molecule has 0 aliphatic heterocycles. The Hall–Kier alpha value is -3.48. The molecule has 138 valence electrons. The van der Waals surface area contributed by atoms with Crippen LogP contribution < -0.4 is 15.4 Å². The molecule has 7 nitrogen and oxygen atoms in total. The molecule has 0 aliphatic carbocycles. The molecule has 0 saturated heterocycles. The van der Waals surface area contributed by atoms with Crippen molar-refractivity contribution in [1.29, 1.82) is 0 Å². The van der Waals surface area contributed by atoms with E-state index in [0.29, 0.717) is 17.3 Å². The van der Waals surface area contributed by atoms with Gasteiger partial charge in [-0.05, 0) is 69.3 Å². The van der Waals surface area contributed by atoms with Crippen molar-refractivity contribution in [2.75, 3.05) is 10.6 Å². The van der Waals surface area contributed by atoms with E-state index >= 15 is 0 Å². The molecule has 3 rings (SSSR count). The molecule has 0 amide bonds. The van der Waals surface area contributed by atoms with Crippen LogP contribution in [0.3, 0.4) is 0 Å². The zero-order valence-electron chi connectivity index (χ0n) is 15.4. The number of anilines is 4. The van der Waals surface area contributed by atoms with Crippen LogP contribution in [0.15, 0.2) is 54.7 Å². The fraction of sp³-hybridized carbons (Fsp3) is 0.200. The first kappa shape index (κ1) is 18.3. The highest BCUT2D eigenvalue weighted by molar-refractivity contribution is 5.94. The van der Waals surface area contributed by atoms with Gasteiger partial charge in [-0.2, -0.15) is 10.1 Å². The molecular formula is C20H21N5O2. The number of rotatable bonds is 7. The molecule has 0 atom stereocenters. The second kappa shape index (κ2) is 8.27. The molecule has 1 aromatic heterocycles. The number of ketones is 1. The highest BCUT2D eigenvalue weighted by Crippen LogP contribution is 2.20. The van der Waals surface area contributed by atoms with Gasteiger partial charge in [-0.3, -0.25) is 4.79 Å². The van der Waals surface area contributed by atoms with E-state index in [9.17, 15) is 4.79 Å². The Morgan fingerprint density at radius 1 is 0.963 bits per heavy atom. The summed E-state index contributed by atoms with van der Waals surface area (Å²) in [5.74, 6) is 1.75. The van der Waals surface area contributed by atoms with Crippen LogP contribution in [0.2, 0.25) is 0 Å². The number of Topliss-reactive ketones (excluding diaryl/α,β-unsaturated/α-hetero) is 1. The van der Waals surface area contributed by atoms with Crippen molar-refractivity contribution in [3.8, 4) is 5.75 Å². The molecule has 0 fully saturated rings. The molecule has 0 unspecified atom stereocenters. The normalized spacial score (nSPS) is 10.5.